The summed E-state index contributed by atoms with van der Waals surface area (Å²) in [5.74, 6) is 0.764. The predicted octanol–water partition coefficient (Wildman–Crippen LogP) is 0.436. The third-order valence-electron chi connectivity index (χ3n) is 3.33. The fourth-order valence-electron chi connectivity index (χ4n) is 2.31. The Morgan fingerprint density at radius 3 is 2.81 bits per heavy atom. The zero-order chi connectivity index (χ0) is 10.8. The van der Waals surface area contributed by atoms with E-state index < -0.39 is 0 Å². The molecule has 1 aliphatic carbocycles. The van der Waals surface area contributed by atoms with E-state index in [1.165, 1.54) is 12.8 Å². The molecule has 0 aromatic rings. The lowest BCUT2D eigenvalue weighted by Gasteiger charge is -2.10. The molecule has 5 heteroatoms. The van der Waals surface area contributed by atoms with Crippen LogP contribution in [0.15, 0.2) is 0 Å². The van der Waals surface area contributed by atoms with Crippen molar-refractivity contribution in [2.75, 3.05) is 6.54 Å². The minimum absolute atomic E-state index is 0. The molecule has 1 saturated heterocycles. The summed E-state index contributed by atoms with van der Waals surface area (Å²) < 4.78 is 0. The van der Waals surface area contributed by atoms with Gasteiger partial charge in [0.1, 0.15) is 0 Å². The van der Waals surface area contributed by atoms with Crippen LogP contribution in [0.2, 0.25) is 0 Å². The summed E-state index contributed by atoms with van der Waals surface area (Å²) in [4.78, 5) is 11.7. The van der Waals surface area contributed by atoms with E-state index in [1.807, 2.05) is 0 Å². The van der Waals surface area contributed by atoms with Crippen molar-refractivity contribution in [1.82, 2.24) is 10.6 Å². The highest BCUT2D eigenvalue weighted by atomic mass is 35.5. The molecule has 3 N–H and O–H groups in total. The summed E-state index contributed by atoms with van der Waals surface area (Å²) >= 11 is 0. The summed E-state index contributed by atoms with van der Waals surface area (Å²) in [7, 11) is 0. The van der Waals surface area contributed by atoms with E-state index in [2.05, 4.69) is 17.6 Å². The molecule has 2 aliphatic rings. The number of rotatable bonds is 4. The summed E-state index contributed by atoms with van der Waals surface area (Å²) in [6.07, 6.45) is 3.74. The van der Waals surface area contributed by atoms with Crippen LogP contribution in [0.4, 0.5) is 0 Å². The standard InChI is InChI=1S/C11H20N2O2.ClH/c1-2-3-7-4-9(7)13-11(15)10-5-8(14)6-12-10;/h7-10,12,14H,2-6H2,1H3,(H,13,15);1H/t7?,8-,9?,10+;/m0./s1. The number of halogens is 1. The van der Waals surface area contributed by atoms with Crippen molar-refractivity contribution in [3.05, 3.63) is 0 Å². The first-order chi connectivity index (χ1) is 7.20. The van der Waals surface area contributed by atoms with E-state index in [0.29, 0.717) is 24.9 Å². The number of carbonyl (C=O) groups is 1. The third kappa shape index (κ3) is 3.34. The van der Waals surface area contributed by atoms with Crippen molar-refractivity contribution in [2.45, 2.75) is 50.8 Å². The van der Waals surface area contributed by atoms with Crippen LogP contribution in [0.1, 0.15) is 32.6 Å². The quantitative estimate of drug-likeness (QED) is 0.677. The number of nitrogens with one attached hydrogen (secondary N) is 2. The van der Waals surface area contributed by atoms with Crippen LogP contribution in [0.3, 0.4) is 0 Å². The Labute approximate surface area is 103 Å². The molecule has 1 amide bonds. The minimum Gasteiger partial charge on any atom is -0.392 e. The number of aliphatic hydroxyl groups excluding tert-OH is 1. The van der Waals surface area contributed by atoms with Gasteiger partial charge in [0.25, 0.3) is 0 Å². The zero-order valence-electron chi connectivity index (χ0n) is 9.61. The molecule has 4 atom stereocenters. The van der Waals surface area contributed by atoms with Crippen LogP contribution in [-0.2, 0) is 4.79 Å². The second-order valence-electron chi connectivity index (χ2n) is 4.75. The van der Waals surface area contributed by atoms with Gasteiger partial charge in [-0.2, -0.15) is 0 Å². The molecule has 2 rings (SSSR count). The van der Waals surface area contributed by atoms with Gasteiger partial charge in [0.2, 0.25) is 5.91 Å². The Bertz CT molecular complexity index is 250. The van der Waals surface area contributed by atoms with Crippen molar-refractivity contribution in [3.8, 4) is 0 Å². The molecule has 1 heterocycles. The van der Waals surface area contributed by atoms with Gasteiger partial charge < -0.3 is 15.7 Å². The molecule has 1 aliphatic heterocycles. The predicted molar refractivity (Wildman–Crippen MR) is 64.6 cm³/mol. The van der Waals surface area contributed by atoms with E-state index in [9.17, 15) is 9.90 Å². The molecule has 0 aromatic heterocycles. The summed E-state index contributed by atoms with van der Waals surface area (Å²) in [5, 5.41) is 15.4. The van der Waals surface area contributed by atoms with Crippen LogP contribution in [-0.4, -0.2) is 35.7 Å². The topological polar surface area (TPSA) is 61.4 Å². The lowest BCUT2D eigenvalue weighted by molar-refractivity contribution is -0.123. The Balaban J connectivity index is 0.00000128. The molecular formula is C11H21ClN2O2. The number of hydrogen-bond donors (Lipinski definition) is 3. The van der Waals surface area contributed by atoms with Gasteiger partial charge in [-0.1, -0.05) is 13.3 Å². The van der Waals surface area contributed by atoms with Crippen LogP contribution in [0.25, 0.3) is 0 Å². The fourth-order valence-corrected chi connectivity index (χ4v) is 2.31. The minimum atomic E-state index is -0.355. The Hall–Kier alpha value is -0.320. The van der Waals surface area contributed by atoms with Crippen LogP contribution < -0.4 is 10.6 Å². The lowest BCUT2D eigenvalue weighted by Crippen LogP contribution is -2.41. The number of aliphatic hydroxyl groups is 1. The monoisotopic (exact) mass is 248 g/mol. The highest BCUT2D eigenvalue weighted by Crippen LogP contribution is 2.34. The number of carbonyl (C=O) groups excluding carboxylic acids is 1. The van der Waals surface area contributed by atoms with E-state index in [-0.39, 0.29) is 30.5 Å². The molecule has 2 unspecified atom stereocenters. The summed E-state index contributed by atoms with van der Waals surface area (Å²) in [6.45, 7) is 2.72. The van der Waals surface area contributed by atoms with E-state index in [4.69, 9.17) is 0 Å². The maximum Gasteiger partial charge on any atom is 0.237 e. The second kappa shape index (κ2) is 5.84. The largest absolute Gasteiger partial charge is 0.392 e. The van der Waals surface area contributed by atoms with Gasteiger partial charge in [-0.05, 0) is 25.2 Å². The molecule has 0 aromatic carbocycles. The van der Waals surface area contributed by atoms with Gasteiger partial charge in [-0.15, -0.1) is 12.4 Å². The first-order valence-electron chi connectivity index (χ1n) is 5.92. The van der Waals surface area contributed by atoms with Crippen molar-refractivity contribution in [2.24, 2.45) is 5.92 Å². The van der Waals surface area contributed by atoms with Gasteiger partial charge in [0.15, 0.2) is 0 Å². The molecular weight excluding hydrogens is 228 g/mol. The normalized spacial score (nSPS) is 36.6. The number of amides is 1. The SMILES string of the molecule is CCCC1CC1NC(=O)[C@H]1C[C@H](O)CN1.Cl. The van der Waals surface area contributed by atoms with Gasteiger partial charge >= 0.3 is 0 Å². The highest BCUT2D eigenvalue weighted by molar-refractivity contribution is 5.85. The summed E-state index contributed by atoms with van der Waals surface area (Å²) in [5.41, 5.74) is 0. The first kappa shape index (κ1) is 13.7. The second-order valence-corrected chi connectivity index (χ2v) is 4.75. The van der Waals surface area contributed by atoms with Gasteiger partial charge in [-0.3, -0.25) is 4.79 Å². The van der Waals surface area contributed by atoms with E-state index >= 15 is 0 Å². The lowest BCUT2D eigenvalue weighted by atomic mass is 10.2. The number of β-amino-alcohol motifs (C(OH)–C–C–N with tert-alkyl or cyclic N) is 1. The molecule has 16 heavy (non-hydrogen) atoms. The molecule has 4 nitrogen and oxygen atoms in total. The smallest absolute Gasteiger partial charge is 0.237 e. The Morgan fingerprint density at radius 1 is 1.50 bits per heavy atom. The molecule has 0 radical (unpaired) electrons. The zero-order valence-corrected chi connectivity index (χ0v) is 10.4. The Morgan fingerprint density at radius 2 is 2.25 bits per heavy atom. The highest BCUT2D eigenvalue weighted by Gasteiger charge is 2.39. The number of hydrogen-bond acceptors (Lipinski definition) is 3. The maximum atomic E-state index is 11.7. The van der Waals surface area contributed by atoms with Crippen LogP contribution >= 0.6 is 12.4 Å². The molecule has 0 bridgehead atoms. The average molecular weight is 249 g/mol. The van der Waals surface area contributed by atoms with Gasteiger partial charge in [0.05, 0.1) is 12.1 Å². The van der Waals surface area contributed by atoms with Crippen molar-refractivity contribution >= 4 is 18.3 Å². The molecule has 0 spiro atoms. The van der Waals surface area contributed by atoms with Crippen LogP contribution in [0, 0.1) is 5.92 Å². The fraction of sp³-hybridized carbons (Fsp3) is 0.909. The summed E-state index contributed by atoms with van der Waals surface area (Å²) in [6, 6.07) is 0.222. The molecule has 94 valence electrons. The Kier molecular flexibility index (Phi) is 5.02. The van der Waals surface area contributed by atoms with Gasteiger partial charge in [-0.25, -0.2) is 0 Å². The van der Waals surface area contributed by atoms with Gasteiger partial charge in [0, 0.05) is 12.6 Å². The van der Waals surface area contributed by atoms with Crippen LogP contribution in [0.5, 0.6) is 0 Å². The van der Waals surface area contributed by atoms with E-state index in [1.54, 1.807) is 0 Å². The molecule has 1 saturated carbocycles. The molecule has 2 fully saturated rings. The maximum absolute atomic E-state index is 11.7. The first-order valence-corrected chi connectivity index (χ1v) is 5.92. The van der Waals surface area contributed by atoms with E-state index in [0.717, 1.165) is 6.42 Å². The average Bonchev–Trinajstić information content (AvgIpc) is 2.76. The van der Waals surface area contributed by atoms with Crippen molar-refractivity contribution in [1.29, 1.82) is 0 Å². The third-order valence-corrected chi connectivity index (χ3v) is 3.33. The van der Waals surface area contributed by atoms with Crippen molar-refractivity contribution < 1.29 is 9.90 Å². The van der Waals surface area contributed by atoms with Crippen molar-refractivity contribution in [3.63, 3.8) is 0 Å².